The molecule has 0 spiro atoms. The molecule has 0 atom stereocenters. The maximum atomic E-state index is 13.0. The van der Waals surface area contributed by atoms with Gasteiger partial charge in [0.2, 0.25) is 5.89 Å². The van der Waals surface area contributed by atoms with E-state index in [1.807, 2.05) is 6.92 Å². The van der Waals surface area contributed by atoms with Crippen LogP contribution >= 0.6 is 24.0 Å². The summed E-state index contributed by atoms with van der Waals surface area (Å²) in [6.07, 6.45) is 3.17. The molecule has 1 aromatic heterocycles. The minimum absolute atomic E-state index is 0. The van der Waals surface area contributed by atoms with E-state index in [0.717, 1.165) is 30.2 Å². The van der Waals surface area contributed by atoms with Crippen LogP contribution in [0.25, 0.3) is 11.5 Å². The molecular weight excluding hydrogens is 490 g/mol. The smallest absolute Gasteiger partial charge is 0.226 e. The average molecular weight is 520 g/mol. The number of halogens is 2. The Morgan fingerprint density at radius 2 is 1.97 bits per heavy atom. The molecule has 7 nitrogen and oxygen atoms in total. The molecule has 0 unspecified atom stereocenters. The van der Waals surface area contributed by atoms with Gasteiger partial charge in [0.15, 0.2) is 5.96 Å². The van der Waals surface area contributed by atoms with Crippen LogP contribution in [-0.4, -0.2) is 57.5 Å². The van der Waals surface area contributed by atoms with Crippen LogP contribution < -0.4 is 10.6 Å². The molecule has 0 saturated carbocycles. The third-order valence-corrected chi connectivity index (χ3v) is 3.81. The zero-order valence-corrected chi connectivity index (χ0v) is 19.3. The second kappa shape index (κ2) is 15.2. The summed E-state index contributed by atoms with van der Waals surface area (Å²) >= 11 is 0. The van der Waals surface area contributed by atoms with Gasteiger partial charge in [-0.25, -0.2) is 9.37 Å². The molecule has 0 radical (unpaired) electrons. The number of ether oxygens (including phenoxy) is 2. The lowest BCUT2D eigenvalue weighted by atomic mass is 10.2. The van der Waals surface area contributed by atoms with Crippen LogP contribution in [0, 0.1) is 5.82 Å². The zero-order chi connectivity index (χ0) is 20.0. The fourth-order valence-electron chi connectivity index (χ4n) is 2.40. The van der Waals surface area contributed by atoms with Crippen LogP contribution in [0.4, 0.5) is 4.39 Å². The molecule has 1 heterocycles. The Hall–Kier alpha value is -1.72. The summed E-state index contributed by atoms with van der Waals surface area (Å²) in [5.41, 5.74) is 1.58. The predicted molar refractivity (Wildman–Crippen MR) is 122 cm³/mol. The van der Waals surface area contributed by atoms with E-state index in [2.05, 4.69) is 20.6 Å². The fourth-order valence-corrected chi connectivity index (χ4v) is 2.40. The zero-order valence-electron chi connectivity index (χ0n) is 16.9. The summed E-state index contributed by atoms with van der Waals surface area (Å²) < 4.78 is 28.8. The molecule has 29 heavy (non-hydrogen) atoms. The lowest BCUT2D eigenvalue weighted by Gasteiger charge is -2.10. The van der Waals surface area contributed by atoms with Crippen molar-refractivity contribution in [1.29, 1.82) is 0 Å². The van der Waals surface area contributed by atoms with Gasteiger partial charge in [0, 0.05) is 45.3 Å². The number of nitrogens with zero attached hydrogens (tertiary/aromatic N) is 2. The van der Waals surface area contributed by atoms with Crippen molar-refractivity contribution >= 4 is 29.9 Å². The first kappa shape index (κ1) is 25.3. The Balaban J connectivity index is 0.00000420. The van der Waals surface area contributed by atoms with Crippen LogP contribution in [-0.2, 0) is 15.9 Å². The molecule has 0 fully saturated rings. The van der Waals surface area contributed by atoms with Crippen molar-refractivity contribution in [3.8, 4) is 11.5 Å². The molecule has 9 heteroatoms. The summed E-state index contributed by atoms with van der Waals surface area (Å²) in [4.78, 5) is 8.98. The highest BCUT2D eigenvalue weighted by Crippen LogP contribution is 2.18. The molecule has 0 aliphatic rings. The standard InChI is InChI=1S/C20H29FN4O3.HI/c1-3-22-20(23-10-4-12-27-14-13-26-2)24-11-9-18-15-28-19(25-18)16-5-7-17(21)8-6-16;/h5-8,15H,3-4,9-14H2,1-2H3,(H2,22,23,24);1H. The van der Waals surface area contributed by atoms with Crippen LogP contribution in [0.15, 0.2) is 39.9 Å². The van der Waals surface area contributed by atoms with Crippen LogP contribution in [0.2, 0.25) is 0 Å². The number of hydrogen-bond acceptors (Lipinski definition) is 5. The molecule has 0 bridgehead atoms. The van der Waals surface area contributed by atoms with Crippen molar-refractivity contribution in [3.63, 3.8) is 0 Å². The van der Waals surface area contributed by atoms with Crippen molar-refractivity contribution in [2.45, 2.75) is 19.8 Å². The number of guanidine groups is 1. The van der Waals surface area contributed by atoms with Gasteiger partial charge in [-0.15, -0.1) is 24.0 Å². The topological polar surface area (TPSA) is 80.9 Å². The number of rotatable bonds is 12. The number of hydrogen-bond donors (Lipinski definition) is 2. The van der Waals surface area contributed by atoms with E-state index in [1.54, 1.807) is 25.5 Å². The van der Waals surface area contributed by atoms with E-state index >= 15 is 0 Å². The van der Waals surface area contributed by atoms with Crippen molar-refractivity contribution in [3.05, 3.63) is 42.0 Å². The van der Waals surface area contributed by atoms with Gasteiger partial charge < -0.3 is 24.5 Å². The highest BCUT2D eigenvalue weighted by atomic mass is 127. The maximum Gasteiger partial charge on any atom is 0.226 e. The minimum Gasteiger partial charge on any atom is -0.444 e. The molecule has 0 aliphatic carbocycles. The first-order chi connectivity index (χ1) is 13.7. The Kier molecular flexibility index (Phi) is 13.2. The highest BCUT2D eigenvalue weighted by Gasteiger charge is 2.07. The van der Waals surface area contributed by atoms with Gasteiger partial charge in [-0.05, 0) is 37.6 Å². The first-order valence-electron chi connectivity index (χ1n) is 9.52. The van der Waals surface area contributed by atoms with Crippen LogP contribution in [0.3, 0.4) is 0 Å². The van der Waals surface area contributed by atoms with Gasteiger partial charge in [0.05, 0.1) is 18.9 Å². The van der Waals surface area contributed by atoms with Gasteiger partial charge in [-0.3, -0.25) is 4.99 Å². The summed E-state index contributed by atoms with van der Waals surface area (Å²) in [5, 5.41) is 6.50. The number of oxazole rings is 1. The van der Waals surface area contributed by atoms with Gasteiger partial charge in [-0.1, -0.05) is 0 Å². The summed E-state index contributed by atoms with van der Waals surface area (Å²) in [6.45, 7) is 6.05. The minimum atomic E-state index is -0.281. The Morgan fingerprint density at radius 1 is 1.17 bits per heavy atom. The Bertz CT molecular complexity index is 710. The highest BCUT2D eigenvalue weighted by molar-refractivity contribution is 14.0. The monoisotopic (exact) mass is 520 g/mol. The van der Waals surface area contributed by atoms with Gasteiger partial charge in [-0.2, -0.15) is 0 Å². The molecular formula is C20H30FIN4O3. The van der Waals surface area contributed by atoms with Crippen molar-refractivity contribution in [2.24, 2.45) is 4.99 Å². The van der Waals surface area contributed by atoms with Gasteiger partial charge in [0.1, 0.15) is 12.1 Å². The van der Waals surface area contributed by atoms with E-state index in [9.17, 15) is 4.39 Å². The Labute approximate surface area is 188 Å². The average Bonchev–Trinajstić information content (AvgIpc) is 3.16. The van der Waals surface area contributed by atoms with E-state index in [4.69, 9.17) is 13.9 Å². The Morgan fingerprint density at radius 3 is 2.69 bits per heavy atom. The summed E-state index contributed by atoms with van der Waals surface area (Å²) in [6, 6.07) is 6.08. The molecule has 162 valence electrons. The lowest BCUT2D eigenvalue weighted by Crippen LogP contribution is -2.38. The van der Waals surface area contributed by atoms with Crippen molar-refractivity contribution < 1.29 is 18.3 Å². The molecule has 2 rings (SSSR count). The third-order valence-electron chi connectivity index (χ3n) is 3.81. The normalized spacial score (nSPS) is 11.2. The van der Waals surface area contributed by atoms with E-state index in [0.29, 0.717) is 45.2 Å². The number of aromatic nitrogens is 1. The van der Waals surface area contributed by atoms with Crippen molar-refractivity contribution in [2.75, 3.05) is 46.6 Å². The maximum absolute atomic E-state index is 13.0. The number of benzene rings is 1. The van der Waals surface area contributed by atoms with E-state index in [1.165, 1.54) is 12.1 Å². The second-order valence-corrected chi connectivity index (χ2v) is 6.05. The van der Waals surface area contributed by atoms with E-state index < -0.39 is 0 Å². The number of methoxy groups -OCH3 is 1. The molecule has 0 saturated heterocycles. The molecule has 2 aromatic rings. The van der Waals surface area contributed by atoms with Crippen LogP contribution in [0.5, 0.6) is 0 Å². The predicted octanol–water partition coefficient (Wildman–Crippen LogP) is 3.25. The van der Waals surface area contributed by atoms with Crippen molar-refractivity contribution in [1.82, 2.24) is 15.6 Å². The molecule has 2 N–H and O–H groups in total. The summed E-state index contributed by atoms with van der Waals surface area (Å²) in [5.74, 6) is 0.974. The molecule has 1 aromatic carbocycles. The largest absolute Gasteiger partial charge is 0.444 e. The number of aliphatic imine (C=N–C) groups is 1. The third kappa shape index (κ3) is 10.0. The fraction of sp³-hybridized carbons (Fsp3) is 0.500. The van der Waals surface area contributed by atoms with Gasteiger partial charge >= 0.3 is 0 Å². The second-order valence-electron chi connectivity index (χ2n) is 6.05. The molecule has 0 aliphatic heterocycles. The number of nitrogens with one attached hydrogen (secondary N) is 2. The molecule has 0 amide bonds. The quantitative estimate of drug-likeness (QED) is 0.194. The van der Waals surface area contributed by atoms with Gasteiger partial charge in [0.25, 0.3) is 0 Å². The lowest BCUT2D eigenvalue weighted by molar-refractivity contribution is 0.0702. The SMILES string of the molecule is CCNC(=NCCCOCCOC)NCCc1coc(-c2ccc(F)cc2)n1.I. The first-order valence-corrected chi connectivity index (χ1v) is 9.52. The van der Waals surface area contributed by atoms with Crippen LogP contribution in [0.1, 0.15) is 19.0 Å². The van der Waals surface area contributed by atoms with E-state index in [-0.39, 0.29) is 29.8 Å². The summed E-state index contributed by atoms with van der Waals surface area (Å²) in [7, 11) is 1.66.